The van der Waals surface area contributed by atoms with Crippen LogP contribution in [-0.4, -0.2) is 15.2 Å². The quantitative estimate of drug-likeness (QED) is 0.696. The third-order valence-electron chi connectivity index (χ3n) is 2.70. The van der Waals surface area contributed by atoms with Gasteiger partial charge in [-0.2, -0.15) is 5.26 Å². The molecule has 1 rings (SSSR count). The van der Waals surface area contributed by atoms with Gasteiger partial charge in [-0.3, -0.25) is 4.21 Å². The predicted molar refractivity (Wildman–Crippen MR) is 54.7 cm³/mol. The van der Waals surface area contributed by atoms with Gasteiger partial charge in [0.1, 0.15) is 0 Å². The highest BCUT2D eigenvalue weighted by Gasteiger charge is 2.20. The van der Waals surface area contributed by atoms with E-state index in [1.807, 2.05) is 6.92 Å². The Bertz CT molecular complexity index is 215. The van der Waals surface area contributed by atoms with Gasteiger partial charge in [0.2, 0.25) is 0 Å². The molecule has 0 saturated heterocycles. The smallest absolute Gasteiger partial charge is 0.0634 e. The molecule has 0 aromatic rings. The maximum absolute atomic E-state index is 11.6. The predicted octanol–water partition coefficient (Wildman–Crippen LogP) is 2.23. The molecule has 0 aromatic carbocycles. The van der Waals surface area contributed by atoms with Crippen molar-refractivity contribution in [2.75, 3.05) is 5.75 Å². The lowest BCUT2D eigenvalue weighted by Crippen LogP contribution is -2.17. The highest BCUT2D eigenvalue weighted by Crippen LogP contribution is 2.26. The second-order valence-corrected chi connectivity index (χ2v) is 5.77. The Balaban J connectivity index is 2.27. The van der Waals surface area contributed by atoms with E-state index < -0.39 is 10.8 Å². The summed E-state index contributed by atoms with van der Waals surface area (Å²) in [6.07, 6.45) is 5.51. The number of rotatable bonds is 4. The number of nitrogens with zero attached hydrogens (tertiary/aromatic N) is 1. The summed E-state index contributed by atoms with van der Waals surface area (Å²) in [6, 6.07) is 2.08. The van der Waals surface area contributed by atoms with E-state index in [9.17, 15) is 4.21 Å². The lowest BCUT2D eigenvalue weighted by molar-refractivity contribution is 0.600. The van der Waals surface area contributed by atoms with E-state index in [0.717, 1.165) is 5.75 Å². The highest BCUT2D eigenvalue weighted by molar-refractivity contribution is 7.85. The molecule has 0 aliphatic heterocycles. The van der Waals surface area contributed by atoms with Crippen molar-refractivity contribution in [1.29, 1.82) is 5.26 Å². The normalized spacial score (nSPS) is 22.5. The van der Waals surface area contributed by atoms with Crippen LogP contribution in [0.15, 0.2) is 0 Å². The largest absolute Gasteiger partial charge is 0.259 e. The zero-order chi connectivity index (χ0) is 9.68. The second kappa shape index (κ2) is 5.39. The van der Waals surface area contributed by atoms with Crippen LogP contribution in [0.5, 0.6) is 0 Å². The molecule has 0 amide bonds. The summed E-state index contributed by atoms with van der Waals surface area (Å²) in [7, 11) is -0.777. The van der Waals surface area contributed by atoms with Crippen LogP contribution in [0.4, 0.5) is 0 Å². The molecule has 0 spiro atoms. The molecule has 0 radical (unpaired) electrons. The lowest BCUT2D eigenvalue weighted by Gasteiger charge is -2.11. The van der Waals surface area contributed by atoms with E-state index in [1.54, 1.807) is 0 Å². The summed E-state index contributed by atoms with van der Waals surface area (Å²) in [5.74, 6) is 1.49. The SMILES string of the molecule is CC(CC#N)S(=O)CC1CCCC1. The molecule has 1 saturated carbocycles. The van der Waals surface area contributed by atoms with Crippen LogP contribution in [0.3, 0.4) is 0 Å². The van der Waals surface area contributed by atoms with Crippen LogP contribution < -0.4 is 0 Å². The first-order chi connectivity index (χ1) is 6.24. The summed E-state index contributed by atoms with van der Waals surface area (Å²) >= 11 is 0. The standard InChI is InChI=1S/C10H17NOS/c1-9(6-7-11)13(12)8-10-4-2-3-5-10/h9-10H,2-6,8H2,1H3. The van der Waals surface area contributed by atoms with E-state index in [1.165, 1.54) is 25.7 Å². The van der Waals surface area contributed by atoms with Crippen molar-refractivity contribution in [3.63, 3.8) is 0 Å². The van der Waals surface area contributed by atoms with E-state index in [-0.39, 0.29) is 5.25 Å². The van der Waals surface area contributed by atoms with Crippen molar-refractivity contribution in [3.05, 3.63) is 0 Å². The molecule has 2 unspecified atom stereocenters. The molecule has 1 aliphatic rings. The van der Waals surface area contributed by atoms with Crippen molar-refractivity contribution in [2.45, 2.75) is 44.3 Å². The fraction of sp³-hybridized carbons (Fsp3) is 0.900. The summed E-state index contributed by atoms with van der Waals surface area (Å²) in [5.41, 5.74) is 0. The summed E-state index contributed by atoms with van der Waals surface area (Å²) < 4.78 is 11.6. The van der Waals surface area contributed by atoms with Gasteiger partial charge in [-0.25, -0.2) is 0 Å². The molecular formula is C10H17NOS. The van der Waals surface area contributed by atoms with Crippen LogP contribution in [0.2, 0.25) is 0 Å². The van der Waals surface area contributed by atoms with Gasteiger partial charge in [0.05, 0.1) is 6.07 Å². The van der Waals surface area contributed by atoms with Gasteiger partial charge in [-0.1, -0.05) is 12.8 Å². The Morgan fingerprint density at radius 1 is 1.54 bits per heavy atom. The topological polar surface area (TPSA) is 40.9 Å². The molecule has 0 aromatic heterocycles. The van der Waals surface area contributed by atoms with Crippen LogP contribution in [0.1, 0.15) is 39.0 Å². The average Bonchev–Trinajstić information content (AvgIpc) is 2.57. The molecule has 13 heavy (non-hydrogen) atoms. The molecule has 3 heteroatoms. The van der Waals surface area contributed by atoms with Gasteiger partial charge in [0.25, 0.3) is 0 Å². The van der Waals surface area contributed by atoms with Gasteiger partial charge in [-0.05, 0) is 25.7 Å². The Kier molecular flexibility index (Phi) is 4.44. The number of hydrogen-bond acceptors (Lipinski definition) is 2. The zero-order valence-corrected chi connectivity index (χ0v) is 8.98. The van der Waals surface area contributed by atoms with Gasteiger partial charge in [-0.15, -0.1) is 0 Å². The van der Waals surface area contributed by atoms with E-state index in [4.69, 9.17) is 5.26 Å². The van der Waals surface area contributed by atoms with Gasteiger partial charge in [0, 0.05) is 28.2 Å². The van der Waals surface area contributed by atoms with Gasteiger partial charge in [0.15, 0.2) is 0 Å². The molecule has 1 aliphatic carbocycles. The molecule has 74 valence electrons. The highest BCUT2D eigenvalue weighted by atomic mass is 32.2. The molecule has 2 nitrogen and oxygen atoms in total. The van der Waals surface area contributed by atoms with E-state index in [2.05, 4.69) is 6.07 Å². The van der Waals surface area contributed by atoms with Crippen LogP contribution in [-0.2, 0) is 10.8 Å². The van der Waals surface area contributed by atoms with Crippen molar-refractivity contribution in [1.82, 2.24) is 0 Å². The molecule has 0 bridgehead atoms. The Morgan fingerprint density at radius 3 is 2.69 bits per heavy atom. The Hall–Kier alpha value is -0.360. The maximum Gasteiger partial charge on any atom is 0.0634 e. The summed E-state index contributed by atoms with van der Waals surface area (Å²) in [5, 5.41) is 8.52. The second-order valence-electron chi connectivity index (χ2n) is 3.87. The third-order valence-corrected chi connectivity index (χ3v) is 4.57. The lowest BCUT2D eigenvalue weighted by atomic mass is 10.1. The van der Waals surface area contributed by atoms with Crippen LogP contribution >= 0.6 is 0 Å². The van der Waals surface area contributed by atoms with Crippen molar-refractivity contribution in [2.24, 2.45) is 5.92 Å². The Morgan fingerprint density at radius 2 is 2.15 bits per heavy atom. The monoisotopic (exact) mass is 199 g/mol. The van der Waals surface area contributed by atoms with Gasteiger partial charge >= 0.3 is 0 Å². The van der Waals surface area contributed by atoms with Crippen molar-refractivity contribution in [3.8, 4) is 6.07 Å². The first kappa shape index (κ1) is 10.7. The molecular weight excluding hydrogens is 182 g/mol. The van der Waals surface area contributed by atoms with Crippen molar-refractivity contribution >= 4 is 10.8 Å². The minimum Gasteiger partial charge on any atom is -0.259 e. The summed E-state index contributed by atoms with van der Waals surface area (Å²) in [4.78, 5) is 0. The minimum atomic E-state index is -0.777. The molecule has 0 N–H and O–H groups in total. The fourth-order valence-corrected chi connectivity index (χ4v) is 3.18. The third kappa shape index (κ3) is 3.48. The Labute approximate surface area is 82.8 Å². The maximum atomic E-state index is 11.6. The van der Waals surface area contributed by atoms with Gasteiger partial charge < -0.3 is 0 Å². The zero-order valence-electron chi connectivity index (χ0n) is 8.16. The van der Waals surface area contributed by atoms with Crippen LogP contribution in [0.25, 0.3) is 0 Å². The minimum absolute atomic E-state index is 0.0607. The number of hydrogen-bond donors (Lipinski definition) is 0. The first-order valence-electron chi connectivity index (χ1n) is 4.98. The van der Waals surface area contributed by atoms with Crippen molar-refractivity contribution < 1.29 is 4.21 Å². The van der Waals surface area contributed by atoms with E-state index in [0.29, 0.717) is 12.3 Å². The first-order valence-corrected chi connectivity index (χ1v) is 6.36. The molecule has 0 heterocycles. The fourth-order valence-electron chi connectivity index (χ4n) is 1.80. The molecule has 2 atom stereocenters. The summed E-state index contributed by atoms with van der Waals surface area (Å²) in [6.45, 7) is 1.91. The molecule has 1 fully saturated rings. The number of nitriles is 1. The van der Waals surface area contributed by atoms with Crippen LogP contribution in [0, 0.1) is 17.2 Å². The van der Waals surface area contributed by atoms with E-state index >= 15 is 0 Å². The average molecular weight is 199 g/mol.